The second kappa shape index (κ2) is 5.81. The van der Waals surface area contributed by atoms with Crippen LogP contribution >= 0.6 is 15.9 Å². The van der Waals surface area contributed by atoms with E-state index < -0.39 is 0 Å². The van der Waals surface area contributed by atoms with Crippen molar-refractivity contribution in [3.8, 4) is 0 Å². The molecule has 4 heteroatoms. The number of hydrogen-bond acceptors (Lipinski definition) is 3. The third kappa shape index (κ3) is 3.30. The fraction of sp³-hybridized carbons (Fsp3) is 0.600. The Balaban J connectivity index is 2.26. The van der Waals surface area contributed by atoms with Gasteiger partial charge in [-0.1, -0.05) is 22.0 Å². The van der Waals surface area contributed by atoms with Crippen LogP contribution in [-0.4, -0.2) is 43.2 Å². The monoisotopic (exact) mass is 325 g/mol. The van der Waals surface area contributed by atoms with Crippen molar-refractivity contribution >= 4 is 21.6 Å². The van der Waals surface area contributed by atoms with Crippen LogP contribution in [0.25, 0.3) is 0 Å². The van der Waals surface area contributed by atoms with Gasteiger partial charge in [-0.3, -0.25) is 4.90 Å². The maximum atomic E-state index is 5.74. The van der Waals surface area contributed by atoms with E-state index in [1.54, 1.807) is 0 Å². The lowest BCUT2D eigenvalue weighted by atomic mass is 9.94. The molecule has 1 saturated heterocycles. The SMILES string of the molecule is CN1CC(C)(C)N(c2cccc(Br)c2)CC1CCN. The molecule has 0 aromatic heterocycles. The minimum Gasteiger partial charge on any atom is -0.364 e. The van der Waals surface area contributed by atoms with Crippen molar-refractivity contribution in [2.24, 2.45) is 5.73 Å². The Bertz CT molecular complexity index is 433. The summed E-state index contributed by atoms with van der Waals surface area (Å²) in [5, 5.41) is 0. The molecule has 1 aliphatic rings. The molecule has 3 nitrogen and oxygen atoms in total. The number of likely N-dealkylation sites (N-methyl/N-ethyl adjacent to an activating group) is 1. The van der Waals surface area contributed by atoms with Crippen molar-refractivity contribution in [2.45, 2.75) is 31.8 Å². The van der Waals surface area contributed by atoms with Crippen molar-refractivity contribution in [2.75, 3.05) is 31.6 Å². The Morgan fingerprint density at radius 3 is 2.79 bits per heavy atom. The fourth-order valence-corrected chi connectivity index (χ4v) is 3.41. The number of benzene rings is 1. The molecule has 2 N–H and O–H groups in total. The number of nitrogens with zero attached hydrogens (tertiary/aromatic N) is 2. The number of piperazine rings is 1. The molecule has 1 atom stereocenters. The van der Waals surface area contributed by atoms with Gasteiger partial charge in [0.15, 0.2) is 0 Å². The molecule has 1 unspecified atom stereocenters. The van der Waals surface area contributed by atoms with E-state index in [4.69, 9.17) is 5.73 Å². The third-order valence-electron chi connectivity index (χ3n) is 4.00. The lowest BCUT2D eigenvalue weighted by molar-refractivity contribution is 0.146. The molecular weight excluding hydrogens is 302 g/mol. The van der Waals surface area contributed by atoms with E-state index in [0.29, 0.717) is 6.04 Å². The minimum absolute atomic E-state index is 0.140. The highest BCUT2D eigenvalue weighted by atomic mass is 79.9. The molecule has 0 bridgehead atoms. The maximum Gasteiger partial charge on any atom is 0.0473 e. The molecule has 1 aliphatic heterocycles. The predicted octanol–water partition coefficient (Wildman–Crippen LogP) is 2.70. The summed E-state index contributed by atoms with van der Waals surface area (Å²) < 4.78 is 1.13. The fourth-order valence-electron chi connectivity index (χ4n) is 3.03. The summed E-state index contributed by atoms with van der Waals surface area (Å²) >= 11 is 3.57. The Morgan fingerprint density at radius 1 is 1.42 bits per heavy atom. The zero-order valence-electron chi connectivity index (χ0n) is 12.1. The van der Waals surface area contributed by atoms with Crippen LogP contribution in [0.1, 0.15) is 20.3 Å². The van der Waals surface area contributed by atoms with E-state index in [2.05, 4.69) is 70.9 Å². The molecule has 19 heavy (non-hydrogen) atoms. The Morgan fingerprint density at radius 2 is 2.16 bits per heavy atom. The molecule has 1 fully saturated rings. The van der Waals surface area contributed by atoms with Crippen LogP contribution in [0.15, 0.2) is 28.7 Å². The molecule has 1 heterocycles. The number of nitrogens with two attached hydrogens (primary N) is 1. The van der Waals surface area contributed by atoms with Gasteiger partial charge >= 0.3 is 0 Å². The summed E-state index contributed by atoms with van der Waals surface area (Å²) in [7, 11) is 2.21. The Hall–Kier alpha value is -0.580. The van der Waals surface area contributed by atoms with Gasteiger partial charge in [-0.2, -0.15) is 0 Å². The highest BCUT2D eigenvalue weighted by molar-refractivity contribution is 9.10. The number of anilines is 1. The average Bonchev–Trinajstić information content (AvgIpc) is 2.32. The highest BCUT2D eigenvalue weighted by Gasteiger charge is 2.37. The van der Waals surface area contributed by atoms with Crippen LogP contribution in [0.2, 0.25) is 0 Å². The first-order valence-electron chi connectivity index (χ1n) is 6.87. The summed E-state index contributed by atoms with van der Waals surface area (Å²) in [5.41, 5.74) is 7.17. The van der Waals surface area contributed by atoms with Gasteiger partial charge in [-0.15, -0.1) is 0 Å². The van der Waals surface area contributed by atoms with Crippen LogP contribution in [0, 0.1) is 0 Å². The molecule has 0 amide bonds. The zero-order chi connectivity index (χ0) is 14.0. The van der Waals surface area contributed by atoms with Crippen molar-refractivity contribution in [3.63, 3.8) is 0 Å². The smallest absolute Gasteiger partial charge is 0.0473 e. The minimum atomic E-state index is 0.140. The van der Waals surface area contributed by atoms with Crippen molar-refractivity contribution < 1.29 is 0 Å². The topological polar surface area (TPSA) is 32.5 Å². The molecule has 0 radical (unpaired) electrons. The third-order valence-corrected chi connectivity index (χ3v) is 4.50. The zero-order valence-corrected chi connectivity index (χ0v) is 13.7. The normalized spacial score (nSPS) is 23.6. The van der Waals surface area contributed by atoms with Crippen molar-refractivity contribution in [1.82, 2.24) is 4.90 Å². The number of rotatable bonds is 3. The maximum absolute atomic E-state index is 5.74. The van der Waals surface area contributed by atoms with Gasteiger partial charge in [-0.25, -0.2) is 0 Å². The van der Waals surface area contributed by atoms with E-state index in [9.17, 15) is 0 Å². The standard InChI is InChI=1S/C15H24BrN3/c1-15(2)11-18(3)14(7-8-17)10-19(15)13-6-4-5-12(16)9-13/h4-6,9,14H,7-8,10-11,17H2,1-3H3. The largest absolute Gasteiger partial charge is 0.364 e. The van der Waals surface area contributed by atoms with Gasteiger partial charge < -0.3 is 10.6 Å². The molecule has 2 rings (SSSR count). The van der Waals surface area contributed by atoms with Gasteiger partial charge in [0.25, 0.3) is 0 Å². The van der Waals surface area contributed by atoms with E-state index in [1.165, 1.54) is 5.69 Å². The summed E-state index contributed by atoms with van der Waals surface area (Å²) in [5.74, 6) is 0. The van der Waals surface area contributed by atoms with Gasteiger partial charge in [0.05, 0.1) is 0 Å². The molecule has 106 valence electrons. The molecule has 0 spiro atoms. The lowest BCUT2D eigenvalue weighted by Gasteiger charge is -2.51. The molecule has 0 aliphatic carbocycles. The van der Waals surface area contributed by atoms with Crippen molar-refractivity contribution in [3.05, 3.63) is 28.7 Å². The van der Waals surface area contributed by atoms with Crippen LogP contribution in [0.5, 0.6) is 0 Å². The summed E-state index contributed by atoms with van der Waals surface area (Å²) in [6.45, 7) is 7.47. The molecule has 1 aromatic rings. The van der Waals surface area contributed by atoms with E-state index in [0.717, 1.165) is 30.5 Å². The van der Waals surface area contributed by atoms with Gasteiger partial charge in [0, 0.05) is 34.8 Å². The van der Waals surface area contributed by atoms with E-state index in [1.807, 2.05) is 0 Å². The highest BCUT2D eigenvalue weighted by Crippen LogP contribution is 2.31. The second-order valence-corrected chi connectivity index (χ2v) is 6.96. The van der Waals surface area contributed by atoms with Crippen LogP contribution < -0.4 is 10.6 Å². The first kappa shape index (κ1) is 14.8. The average molecular weight is 326 g/mol. The van der Waals surface area contributed by atoms with Gasteiger partial charge in [-0.05, 0) is 52.1 Å². The predicted molar refractivity (Wildman–Crippen MR) is 85.7 cm³/mol. The first-order chi connectivity index (χ1) is 8.94. The number of halogens is 1. The van der Waals surface area contributed by atoms with Gasteiger partial charge in [0.1, 0.15) is 0 Å². The van der Waals surface area contributed by atoms with Crippen LogP contribution in [0.4, 0.5) is 5.69 Å². The number of hydrogen-bond donors (Lipinski definition) is 1. The molecule has 1 aromatic carbocycles. The first-order valence-corrected chi connectivity index (χ1v) is 7.67. The van der Waals surface area contributed by atoms with Crippen LogP contribution in [0.3, 0.4) is 0 Å². The van der Waals surface area contributed by atoms with E-state index >= 15 is 0 Å². The van der Waals surface area contributed by atoms with Crippen molar-refractivity contribution in [1.29, 1.82) is 0 Å². The van der Waals surface area contributed by atoms with Crippen LogP contribution in [-0.2, 0) is 0 Å². The summed E-state index contributed by atoms with van der Waals surface area (Å²) in [6, 6.07) is 9.11. The summed E-state index contributed by atoms with van der Waals surface area (Å²) in [4.78, 5) is 4.96. The Kier molecular flexibility index (Phi) is 4.54. The Labute approximate surface area is 124 Å². The lowest BCUT2D eigenvalue weighted by Crippen LogP contribution is -2.62. The molecule has 0 saturated carbocycles. The van der Waals surface area contributed by atoms with Gasteiger partial charge in [0.2, 0.25) is 0 Å². The molecular formula is C15H24BrN3. The quantitative estimate of drug-likeness (QED) is 0.927. The second-order valence-electron chi connectivity index (χ2n) is 6.05. The van der Waals surface area contributed by atoms with E-state index in [-0.39, 0.29) is 5.54 Å². The summed E-state index contributed by atoms with van der Waals surface area (Å²) in [6.07, 6.45) is 1.05.